The highest BCUT2D eigenvalue weighted by Gasteiger charge is 2.27. The Kier molecular flexibility index (Phi) is 9.20. The van der Waals surface area contributed by atoms with Gasteiger partial charge >= 0.3 is 0 Å². The molecule has 0 bridgehead atoms. The monoisotopic (exact) mass is 620 g/mol. The lowest BCUT2D eigenvalue weighted by Gasteiger charge is -2.31. The summed E-state index contributed by atoms with van der Waals surface area (Å²) in [5, 5.41) is 17.6. The molecule has 13 nitrogen and oxygen atoms in total. The van der Waals surface area contributed by atoms with Crippen LogP contribution in [0.4, 0.5) is 34.5 Å². The number of aromatic nitrogens is 2. The fourth-order valence-electron chi connectivity index (χ4n) is 4.92. The van der Waals surface area contributed by atoms with Crippen LogP contribution in [0.25, 0.3) is 11.6 Å². The third kappa shape index (κ3) is 6.55. The number of benzene rings is 2. The lowest BCUT2D eigenvalue weighted by Crippen LogP contribution is -2.36. The van der Waals surface area contributed by atoms with E-state index < -0.39 is 10.0 Å². The Bertz CT molecular complexity index is 1690. The summed E-state index contributed by atoms with van der Waals surface area (Å²) in [5.74, 6) is 1.48. The van der Waals surface area contributed by atoms with E-state index in [0.29, 0.717) is 65.6 Å². The smallest absolute Gasteiger partial charge is 0.232 e. The highest BCUT2D eigenvalue weighted by molar-refractivity contribution is 7.92. The first kappa shape index (κ1) is 30.6. The molecular weight excluding hydrogens is 584 g/mol. The topological polar surface area (TPSA) is 154 Å². The van der Waals surface area contributed by atoms with Gasteiger partial charge in [0.2, 0.25) is 16.0 Å². The predicted molar refractivity (Wildman–Crippen MR) is 175 cm³/mol. The lowest BCUT2D eigenvalue weighted by molar-refractivity contribution is 0.122. The number of anilines is 6. The maximum atomic E-state index is 12.6. The highest BCUT2D eigenvalue weighted by Crippen LogP contribution is 2.46. The Hall–Kier alpha value is -4.82. The first-order valence-electron chi connectivity index (χ1n) is 14.0. The molecule has 0 aliphatic carbocycles. The SMILES string of the molecule is C=Cc1cnc(Nc2ccc(N3CCOCC3)c(/C(C=N)=C\NC)c2)nc1Nc1ccc2c(c1N(C)S(C)(=O)=O)OCCO2. The molecule has 4 N–H and O–H groups in total. The molecule has 5 rings (SSSR count). The largest absolute Gasteiger partial charge is 0.486 e. The van der Waals surface area contributed by atoms with Gasteiger partial charge in [0, 0.05) is 73.9 Å². The molecule has 2 aliphatic heterocycles. The summed E-state index contributed by atoms with van der Waals surface area (Å²) in [6.45, 7) is 7.32. The van der Waals surface area contributed by atoms with Crippen molar-refractivity contribution in [3.8, 4) is 11.5 Å². The Morgan fingerprint density at radius 3 is 2.59 bits per heavy atom. The van der Waals surface area contributed by atoms with Crippen LogP contribution < -0.4 is 34.6 Å². The van der Waals surface area contributed by atoms with Crippen molar-refractivity contribution in [1.29, 1.82) is 5.41 Å². The van der Waals surface area contributed by atoms with Crippen LogP contribution in [-0.2, 0) is 14.8 Å². The highest BCUT2D eigenvalue weighted by atomic mass is 32.2. The van der Waals surface area contributed by atoms with E-state index >= 15 is 0 Å². The number of rotatable bonds is 11. The Labute approximate surface area is 257 Å². The summed E-state index contributed by atoms with van der Waals surface area (Å²) in [6.07, 6.45) is 7.45. The number of allylic oxidation sites excluding steroid dienone is 1. The average molecular weight is 621 g/mol. The van der Waals surface area contributed by atoms with Gasteiger partial charge < -0.3 is 40.5 Å². The molecule has 2 aromatic carbocycles. The number of fused-ring (bicyclic) bond motifs is 1. The maximum absolute atomic E-state index is 12.6. The van der Waals surface area contributed by atoms with E-state index in [1.807, 2.05) is 18.2 Å². The molecule has 0 atom stereocenters. The summed E-state index contributed by atoms with van der Waals surface area (Å²) in [7, 11) is -0.388. The van der Waals surface area contributed by atoms with Crippen LogP contribution in [0.2, 0.25) is 0 Å². The first-order valence-corrected chi connectivity index (χ1v) is 15.8. The van der Waals surface area contributed by atoms with E-state index in [1.54, 1.807) is 37.7 Å². The van der Waals surface area contributed by atoms with E-state index in [9.17, 15) is 8.42 Å². The quantitative estimate of drug-likeness (QED) is 0.231. The summed E-state index contributed by atoms with van der Waals surface area (Å²) >= 11 is 0. The number of hydrogen-bond acceptors (Lipinski definition) is 12. The van der Waals surface area contributed by atoms with E-state index in [-0.39, 0.29) is 6.61 Å². The number of nitrogens with one attached hydrogen (secondary N) is 4. The molecule has 1 aromatic heterocycles. The normalized spacial score (nSPS) is 14.9. The van der Waals surface area contributed by atoms with Gasteiger partial charge in [0.15, 0.2) is 11.5 Å². The van der Waals surface area contributed by atoms with Crippen molar-refractivity contribution in [3.05, 3.63) is 60.4 Å². The van der Waals surface area contributed by atoms with Gasteiger partial charge in [-0.05, 0) is 30.3 Å². The summed E-state index contributed by atoms with van der Waals surface area (Å²) in [6, 6.07) is 9.34. The van der Waals surface area contributed by atoms with Crippen molar-refractivity contribution in [2.45, 2.75) is 0 Å². The molecular formula is C30H36N8O5S. The van der Waals surface area contributed by atoms with E-state index in [2.05, 4.69) is 32.4 Å². The van der Waals surface area contributed by atoms with Gasteiger partial charge in [-0.15, -0.1) is 0 Å². The third-order valence-corrected chi connectivity index (χ3v) is 8.33. The third-order valence-electron chi connectivity index (χ3n) is 7.16. The molecule has 1 saturated heterocycles. The molecule has 3 aromatic rings. The van der Waals surface area contributed by atoms with Crippen LogP contribution in [0.3, 0.4) is 0 Å². The second-order valence-electron chi connectivity index (χ2n) is 10.0. The van der Waals surface area contributed by atoms with E-state index in [4.69, 9.17) is 24.6 Å². The van der Waals surface area contributed by atoms with Gasteiger partial charge in [0.05, 0.1) is 25.2 Å². The Morgan fingerprint density at radius 1 is 1.11 bits per heavy atom. The molecule has 0 saturated carbocycles. The number of hydrogen-bond donors (Lipinski definition) is 4. The minimum atomic E-state index is -3.64. The van der Waals surface area contributed by atoms with Crippen molar-refractivity contribution >= 4 is 62.4 Å². The van der Waals surface area contributed by atoms with Gasteiger partial charge in [-0.3, -0.25) is 4.31 Å². The van der Waals surface area contributed by atoms with Gasteiger partial charge in [-0.25, -0.2) is 13.4 Å². The fraction of sp³-hybridized carbons (Fsp3) is 0.300. The zero-order valence-electron chi connectivity index (χ0n) is 24.9. The minimum Gasteiger partial charge on any atom is -0.486 e. The molecule has 44 heavy (non-hydrogen) atoms. The van der Waals surface area contributed by atoms with Crippen molar-refractivity contribution in [1.82, 2.24) is 15.3 Å². The zero-order chi connectivity index (χ0) is 31.3. The summed E-state index contributed by atoms with van der Waals surface area (Å²) in [5.41, 5.74) is 4.64. The second kappa shape index (κ2) is 13.2. The number of sulfonamides is 1. The van der Waals surface area contributed by atoms with Crippen LogP contribution in [-0.4, -0.2) is 84.5 Å². The van der Waals surface area contributed by atoms with Gasteiger partial charge in [-0.1, -0.05) is 12.7 Å². The van der Waals surface area contributed by atoms with Crippen LogP contribution in [0.15, 0.2) is 49.3 Å². The van der Waals surface area contributed by atoms with Crippen molar-refractivity contribution < 1.29 is 22.6 Å². The lowest BCUT2D eigenvalue weighted by atomic mass is 10.0. The van der Waals surface area contributed by atoms with Crippen LogP contribution in [0, 0.1) is 5.41 Å². The number of nitrogens with zero attached hydrogens (tertiary/aromatic N) is 4. The van der Waals surface area contributed by atoms with Gasteiger partial charge in [-0.2, -0.15) is 4.98 Å². The zero-order valence-corrected chi connectivity index (χ0v) is 25.7. The molecule has 232 valence electrons. The molecule has 1 fully saturated rings. The van der Waals surface area contributed by atoms with Crippen molar-refractivity contribution in [2.24, 2.45) is 0 Å². The summed E-state index contributed by atoms with van der Waals surface area (Å²) in [4.78, 5) is 11.4. The molecule has 0 spiro atoms. The van der Waals surface area contributed by atoms with E-state index in [0.717, 1.165) is 40.6 Å². The van der Waals surface area contributed by atoms with Crippen molar-refractivity contribution in [2.75, 3.05) is 79.7 Å². The number of morpholine rings is 1. The van der Waals surface area contributed by atoms with Crippen LogP contribution in [0.1, 0.15) is 11.1 Å². The van der Waals surface area contributed by atoms with Gasteiger partial charge in [0.25, 0.3) is 0 Å². The molecule has 2 aliphatic rings. The minimum absolute atomic E-state index is 0.288. The molecule has 14 heteroatoms. The van der Waals surface area contributed by atoms with E-state index in [1.165, 1.54) is 13.3 Å². The molecule has 0 unspecified atom stereocenters. The Balaban J connectivity index is 1.51. The van der Waals surface area contributed by atoms with Crippen molar-refractivity contribution in [3.63, 3.8) is 0 Å². The summed E-state index contributed by atoms with van der Waals surface area (Å²) < 4.78 is 43.4. The second-order valence-corrected chi connectivity index (χ2v) is 12.0. The first-order chi connectivity index (χ1) is 21.2. The standard InChI is InChI=1S/C30H36N8O5S/c1-5-20-19-33-30(34-22-6-8-25(38-10-12-41-13-11-38)23(16-22)21(17-31)18-32-2)36-29(20)35-24-7-9-26-28(43-15-14-42-26)27(24)37(3)44(4,39)40/h5-9,16-19,31-32H,1,10-15H2,2-4H3,(H2,33,34,35,36)/b21-18-,31-17?. The van der Waals surface area contributed by atoms with Crippen LogP contribution >= 0.6 is 0 Å². The molecule has 0 amide bonds. The fourth-order valence-corrected chi connectivity index (χ4v) is 5.43. The van der Waals surface area contributed by atoms with Crippen LogP contribution in [0.5, 0.6) is 11.5 Å². The maximum Gasteiger partial charge on any atom is 0.232 e. The Morgan fingerprint density at radius 2 is 1.89 bits per heavy atom. The number of ether oxygens (including phenoxy) is 3. The van der Waals surface area contributed by atoms with Gasteiger partial charge in [0.1, 0.15) is 24.7 Å². The predicted octanol–water partition coefficient (Wildman–Crippen LogP) is 3.82. The average Bonchev–Trinajstić information content (AvgIpc) is 3.03. The molecule has 0 radical (unpaired) electrons. The molecule has 3 heterocycles.